The molecular weight excluding hydrogens is 224 g/mol. The lowest BCUT2D eigenvalue weighted by Crippen LogP contribution is -2.40. The number of carboxylic acids is 2. The Balaban J connectivity index is 0. The van der Waals surface area contributed by atoms with Crippen LogP contribution in [0.5, 0.6) is 0 Å². The molecule has 0 rings (SSSR count). The number of hydrogen-bond donors (Lipinski definition) is 5. The Hall–Kier alpha value is -1.28. The quantitative estimate of drug-likeness (QED) is 0.380. The molecule has 0 spiro atoms. The van der Waals surface area contributed by atoms with Crippen molar-refractivity contribution in [1.29, 1.82) is 0 Å². The van der Waals surface area contributed by atoms with Crippen molar-refractivity contribution < 1.29 is 24.6 Å². The van der Waals surface area contributed by atoms with E-state index in [2.05, 4.69) is 23.7 Å². The van der Waals surface area contributed by atoms with Crippen molar-refractivity contribution >= 4 is 30.5 Å². The molecule has 0 aliphatic carbocycles. The van der Waals surface area contributed by atoms with Crippen LogP contribution in [0.15, 0.2) is 0 Å². The highest BCUT2D eigenvalue weighted by Crippen LogP contribution is 1.86. The van der Waals surface area contributed by atoms with E-state index in [1.165, 1.54) is 6.92 Å². The number of carbonyl (C=O) groups excluding carboxylic acids is 1. The third-order valence-electron chi connectivity index (χ3n) is 1.03. The zero-order valence-electron chi connectivity index (χ0n) is 8.14. The standard InChI is InChI=1S/C5H9NO3S.C2H5NO2/c1-3(7)6-4(2-10)5(8)9;3-1-2(4)5/h4,10H,2H2,1H3,(H,6,7)(H,8,9);1,3H2,(H,4,5). The maximum absolute atomic E-state index is 10.3. The lowest BCUT2D eigenvalue weighted by atomic mass is 10.3. The van der Waals surface area contributed by atoms with Crippen molar-refractivity contribution in [2.75, 3.05) is 12.3 Å². The zero-order valence-corrected chi connectivity index (χ0v) is 9.03. The molecule has 88 valence electrons. The maximum Gasteiger partial charge on any atom is 0.327 e. The molecule has 0 saturated carbocycles. The Morgan fingerprint density at radius 3 is 1.87 bits per heavy atom. The summed E-state index contributed by atoms with van der Waals surface area (Å²) in [7, 11) is 0. The average Bonchev–Trinajstić information content (AvgIpc) is 2.14. The first-order chi connectivity index (χ1) is 6.84. The first kappa shape index (κ1) is 16.2. The minimum atomic E-state index is -1.06. The molecule has 0 bridgehead atoms. The van der Waals surface area contributed by atoms with Crippen molar-refractivity contribution in [3.05, 3.63) is 0 Å². The van der Waals surface area contributed by atoms with Gasteiger partial charge in [0.15, 0.2) is 0 Å². The number of amides is 1. The molecule has 8 heteroatoms. The number of thiol groups is 1. The van der Waals surface area contributed by atoms with E-state index in [9.17, 15) is 14.4 Å². The topological polar surface area (TPSA) is 130 Å². The first-order valence-corrected chi connectivity index (χ1v) is 4.51. The Labute approximate surface area is 92.1 Å². The van der Waals surface area contributed by atoms with Gasteiger partial charge in [0.05, 0.1) is 6.54 Å². The van der Waals surface area contributed by atoms with Crippen molar-refractivity contribution in [2.45, 2.75) is 13.0 Å². The normalized spacial score (nSPS) is 10.6. The molecule has 0 aromatic rings. The monoisotopic (exact) mass is 238 g/mol. The molecule has 0 aromatic heterocycles. The summed E-state index contributed by atoms with van der Waals surface area (Å²) in [5.41, 5.74) is 4.57. The fourth-order valence-electron chi connectivity index (χ4n) is 0.431. The van der Waals surface area contributed by atoms with Gasteiger partial charge < -0.3 is 21.3 Å². The number of hydrogen-bond acceptors (Lipinski definition) is 5. The molecule has 0 saturated heterocycles. The summed E-state index contributed by atoms with van der Waals surface area (Å²) in [5, 5.41) is 18.2. The highest BCUT2D eigenvalue weighted by atomic mass is 32.1. The van der Waals surface area contributed by atoms with Crippen LogP contribution in [-0.2, 0) is 14.4 Å². The Morgan fingerprint density at radius 2 is 1.80 bits per heavy atom. The van der Waals surface area contributed by atoms with Crippen LogP contribution in [0.4, 0.5) is 0 Å². The van der Waals surface area contributed by atoms with E-state index < -0.39 is 18.0 Å². The van der Waals surface area contributed by atoms with Gasteiger partial charge in [-0.3, -0.25) is 9.59 Å². The van der Waals surface area contributed by atoms with Crippen LogP contribution in [-0.4, -0.2) is 46.4 Å². The minimum absolute atomic E-state index is 0.106. The lowest BCUT2D eigenvalue weighted by molar-refractivity contribution is -0.140. The van der Waals surface area contributed by atoms with Gasteiger partial charge in [0, 0.05) is 12.7 Å². The van der Waals surface area contributed by atoms with Gasteiger partial charge in [-0.05, 0) is 0 Å². The fourth-order valence-corrected chi connectivity index (χ4v) is 0.678. The number of aliphatic carboxylic acids is 2. The van der Waals surface area contributed by atoms with Crippen LogP contribution in [0, 0.1) is 0 Å². The van der Waals surface area contributed by atoms with Crippen LogP contribution in [0.1, 0.15) is 6.92 Å². The maximum atomic E-state index is 10.3. The van der Waals surface area contributed by atoms with E-state index in [0.29, 0.717) is 0 Å². The zero-order chi connectivity index (χ0) is 12.4. The van der Waals surface area contributed by atoms with Crippen LogP contribution in [0.25, 0.3) is 0 Å². The fraction of sp³-hybridized carbons (Fsp3) is 0.571. The number of carboxylic acid groups (broad SMARTS) is 2. The highest BCUT2D eigenvalue weighted by molar-refractivity contribution is 7.80. The van der Waals surface area contributed by atoms with E-state index in [0.717, 1.165) is 0 Å². The molecule has 5 N–H and O–H groups in total. The summed E-state index contributed by atoms with van der Waals surface area (Å²) in [5.74, 6) is -2.29. The summed E-state index contributed by atoms with van der Waals surface area (Å²) in [4.78, 5) is 29.8. The van der Waals surface area contributed by atoms with Gasteiger partial charge in [-0.25, -0.2) is 4.79 Å². The predicted octanol–water partition coefficient (Wildman–Crippen LogP) is -1.46. The van der Waals surface area contributed by atoms with Crippen LogP contribution in [0.3, 0.4) is 0 Å². The number of nitrogens with one attached hydrogen (secondary N) is 1. The molecule has 0 heterocycles. The van der Waals surface area contributed by atoms with Crippen LogP contribution < -0.4 is 11.1 Å². The molecular formula is C7H14N2O5S. The highest BCUT2D eigenvalue weighted by Gasteiger charge is 2.15. The van der Waals surface area contributed by atoms with E-state index in [4.69, 9.17) is 10.2 Å². The van der Waals surface area contributed by atoms with Gasteiger partial charge in [0.1, 0.15) is 6.04 Å². The molecule has 0 aliphatic rings. The van der Waals surface area contributed by atoms with E-state index >= 15 is 0 Å². The van der Waals surface area contributed by atoms with Crippen LogP contribution in [0.2, 0.25) is 0 Å². The van der Waals surface area contributed by atoms with Gasteiger partial charge in [0.25, 0.3) is 0 Å². The van der Waals surface area contributed by atoms with Crippen molar-refractivity contribution in [3.63, 3.8) is 0 Å². The third kappa shape index (κ3) is 12.7. The summed E-state index contributed by atoms with van der Waals surface area (Å²) in [6.45, 7) is 0.985. The Kier molecular flexibility index (Phi) is 10.0. The van der Waals surface area contributed by atoms with E-state index in [1.54, 1.807) is 0 Å². The molecule has 0 radical (unpaired) electrons. The summed E-state index contributed by atoms with van der Waals surface area (Å²) >= 11 is 3.73. The number of carbonyl (C=O) groups is 3. The lowest BCUT2D eigenvalue weighted by Gasteiger charge is -2.08. The summed E-state index contributed by atoms with van der Waals surface area (Å²) in [6.07, 6.45) is 0. The van der Waals surface area contributed by atoms with E-state index in [-0.39, 0.29) is 18.2 Å². The molecule has 7 nitrogen and oxygen atoms in total. The van der Waals surface area contributed by atoms with Gasteiger partial charge in [0.2, 0.25) is 5.91 Å². The van der Waals surface area contributed by atoms with Crippen molar-refractivity contribution in [1.82, 2.24) is 5.32 Å². The molecule has 1 amide bonds. The second kappa shape index (κ2) is 9.28. The van der Waals surface area contributed by atoms with Crippen molar-refractivity contribution in [3.8, 4) is 0 Å². The van der Waals surface area contributed by atoms with E-state index in [1.807, 2.05) is 0 Å². The summed E-state index contributed by atoms with van der Waals surface area (Å²) in [6, 6.07) is -0.874. The van der Waals surface area contributed by atoms with Gasteiger partial charge >= 0.3 is 11.9 Å². The molecule has 1 atom stereocenters. The molecule has 0 aliphatic heterocycles. The SMILES string of the molecule is CC(=O)NC(CS)C(=O)O.NCC(=O)O. The molecule has 15 heavy (non-hydrogen) atoms. The Morgan fingerprint density at radius 1 is 1.40 bits per heavy atom. The van der Waals surface area contributed by atoms with Crippen molar-refractivity contribution in [2.24, 2.45) is 5.73 Å². The van der Waals surface area contributed by atoms with Gasteiger partial charge in [-0.15, -0.1) is 0 Å². The molecule has 1 unspecified atom stereocenters. The number of nitrogens with two attached hydrogens (primary N) is 1. The predicted molar refractivity (Wildman–Crippen MR) is 55.8 cm³/mol. The molecule has 0 fully saturated rings. The number of rotatable bonds is 4. The first-order valence-electron chi connectivity index (χ1n) is 3.87. The molecule has 0 aromatic carbocycles. The van der Waals surface area contributed by atoms with Crippen LogP contribution >= 0.6 is 12.6 Å². The Bertz CT molecular complexity index is 233. The van der Waals surface area contributed by atoms with Gasteiger partial charge in [-0.2, -0.15) is 12.6 Å². The second-order valence-electron chi connectivity index (χ2n) is 2.37. The third-order valence-corrected chi connectivity index (χ3v) is 1.40. The minimum Gasteiger partial charge on any atom is -0.480 e. The van der Waals surface area contributed by atoms with Gasteiger partial charge in [-0.1, -0.05) is 0 Å². The average molecular weight is 238 g/mol. The largest absolute Gasteiger partial charge is 0.480 e. The second-order valence-corrected chi connectivity index (χ2v) is 2.74. The summed E-state index contributed by atoms with van der Waals surface area (Å²) < 4.78 is 0. The smallest absolute Gasteiger partial charge is 0.327 e.